The van der Waals surface area contributed by atoms with Gasteiger partial charge in [-0.25, -0.2) is 9.59 Å². The number of hydrogen-bond donors (Lipinski definition) is 2. The molecule has 0 radical (unpaired) electrons. The van der Waals surface area contributed by atoms with Crippen molar-refractivity contribution in [2.45, 2.75) is 38.8 Å². The Kier molecular flexibility index (Phi) is 5.60. The zero-order chi connectivity index (χ0) is 14.6. The fourth-order valence-corrected chi connectivity index (χ4v) is 2.44. The van der Waals surface area contributed by atoms with E-state index in [0.717, 1.165) is 19.4 Å². The van der Waals surface area contributed by atoms with Crippen LogP contribution in [0.3, 0.4) is 0 Å². The fraction of sp³-hybridized carbons (Fsp3) is 0.846. The van der Waals surface area contributed by atoms with Gasteiger partial charge in [0.2, 0.25) is 0 Å². The van der Waals surface area contributed by atoms with Gasteiger partial charge < -0.3 is 20.2 Å². The highest BCUT2D eigenvalue weighted by Gasteiger charge is 2.32. The van der Waals surface area contributed by atoms with E-state index in [0.29, 0.717) is 6.54 Å². The van der Waals surface area contributed by atoms with Crippen LogP contribution in [0.5, 0.6) is 0 Å². The third kappa shape index (κ3) is 4.38. The number of likely N-dealkylation sites (N-methyl/N-ethyl adjacent to an activating group) is 1. The summed E-state index contributed by atoms with van der Waals surface area (Å²) in [6, 6.07) is -0.907. The van der Waals surface area contributed by atoms with Gasteiger partial charge in [0.15, 0.2) is 0 Å². The predicted molar refractivity (Wildman–Crippen MR) is 73.1 cm³/mol. The van der Waals surface area contributed by atoms with Crippen LogP contribution in [0.1, 0.15) is 26.7 Å². The van der Waals surface area contributed by atoms with E-state index in [1.807, 2.05) is 19.0 Å². The number of carbonyl (C=O) groups is 2. The molecule has 1 heterocycles. The molecule has 1 saturated heterocycles. The number of urea groups is 1. The molecule has 0 aliphatic carbocycles. The lowest BCUT2D eigenvalue weighted by atomic mass is 10.1. The van der Waals surface area contributed by atoms with Crippen LogP contribution in [0.2, 0.25) is 0 Å². The number of aliphatic carboxylic acids is 1. The van der Waals surface area contributed by atoms with Gasteiger partial charge >= 0.3 is 12.0 Å². The van der Waals surface area contributed by atoms with Gasteiger partial charge in [-0.2, -0.15) is 0 Å². The van der Waals surface area contributed by atoms with Crippen LogP contribution in [0, 0.1) is 5.92 Å². The molecule has 6 heteroatoms. The first-order valence-corrected chi connectivity index (χ1v) is 6.77. The van der Waals surface area contributed by atoms with Gasteiger partial charge in [-0.15, -0.1) is 0 Å². The van der Waals surface area contributed by atoms with Crippen LogP contribution < -0.4 is 5.32 Å². The molecule has 0 aromatic heterocycles. The molecule has 0 bridgehead atoms. The monoisotopic (exact) mass is 271 g/mol. The molecule has 2 N–H and O–H groups in total. The average molecular weight is 271 g/mol. The first-order chi connectivity index (χ1) is 8.82. The second-order valence-corrected chi connectivity index (χ2v) is 5.76. The molecule has 2 atom stereocenters. The molecule has 2 amide bonds. The molecule has 0 aromatic rings. The highest BCUT2D eigenvalue weighted by Crippen LogP contribution is 2.18. The van der Waals surface area contributed by atoms with E-state index in [2.05, 4.69) is 5.32 Å². The highest BCUT2D eigenvalue weighted by molar-refractivity contribution is 5.83. The van der Waals surface area contributed by atoms with E-state index in [9.17, 15) is 9.59 Å². The Morgan fingerprint density at radius 1 is 1.42 bits per heavy atom. The number of nitrogens with zero attached hydrogens (tertiary/aromatic N) is 2. The number of carbonyl (C=O) groups excluding carboxylic acids is 1. The Hall–Kier alpha value is -1.30. The number of rotatable bonds is 5. The van der Waals surface area contributed by atoms with E-state index >= 15 is 0 Å². The molecule has 0 spiro atoms. The molecule has 0 aromatic carbocycles. The lowest BCUT2D eigenvalue weighted by Crippen LogP contribution is -2.52. The zero-order valence-corrected chi connectivity index (χ0v) is 12.2. The highest BCUT2D eigenvalue weighted by atomic mass is 16.4. The van der Waals surface area contributed by atoms with E-state index in [1.165, 1.54) is 0 Å². The number of carboxylic acids is 1. The Labute approximate surface area is 114 Å². The van der Waals surface area contributed by atoms with Crippen molar-refractivity contribution >= 4 is 12.0 Å². The van der Waals surface area contributed by atoms with Crippen molar-refractivity contribution in [3.05, 3.63) is 0 Å². The Morgan fingerprint density at radius 3 is 2.53 bits per heavy atom. The normalized spacial score (nSPS) is 20.9. The average Bonchev–Trinajstić information content (AvgIpc) is 2.71. The summed E-state index contributed by atoms with van der Waals surface area (Å²) in [7, 11) is 3.95. The first-order valence-electron chi connectivity index (χ1n) is 6.77. The van der Waals surface area contributed by atoms with Crippen molar-refractivity contribution in [2.75, 3.05) is 27.2 Å². The Balaban J connectivity index is 2.63. The fourth-order valence-electron chi connectivity index (χ4n) is 2.44. The molecule has 1 fully saturated rings. The summed E-state index contributed by atoms with van der Waals surface area (Å²) in [5.74, 6) is -1.11. The summed E-state index contributed by atoms with van der Waals surface area (Å²) in [5, 5.41) is 11.7. The van der Waals surface area contributed by atoms with Crippen molar-refractivity contribution in [3.63, 3.8) is 0 Å². The lowest BCUT2D eigenvalue weighted by molar-refractivity contribution is -0.140. The molecule has 110 valence electrons. The van der Waals surface area contributed by atoms with E-state index in [1.54, 1.807) is 18.7 Å². The maximum Gasteiger partial charge on any atom is 0.326 e. The zero-order valence-electron chi connectivity index (χ0n) is 12.2. The summed E-state index contributed by atoms with van der Waals surface area (Å²) in [6.07, 6.45) is 1.95. The summed E-state index contributed by atoms with van der Waals surface area (Å²) < 4.78 is 0. The first kappa shape index (κ1) is 15.8. The lowest BCUT2D eigenvalue weighted by Gasteiger charge is -2.29. The van der Waals surface area contributed by atoms with E-state index < -0.39 is 12.0 Å². The summed E-state index contributed by atoms with van der Waals surface area (Å²) >= 11 is 0. The molecule has 1 aliphatic rings. The van der Waals surface area contributed by atoms with E-state index in [-0.39, 0.29) is 18.0 Å². The molecule has 1 aliphatic heterocycles. The quantitative estimate of drug-likeness (QED) is 0.777. The van der Waals surface area contributed by atoms with Crippen LogP contribution >= 0.6 is 0 Å². The van der Waals surface area contributed by atoms with Crippen LogP contribution in [0.25, 0.3) is 0 Å². The van der Waals surface area contributed by atoms with Crippen molar-refractivity contribution in [1.82, 2.24) is 15.1 Å². The third-order valence-corrected chi connectivity index (χ3v) is 3.43. The van der Waals surface area contributed by atoms with Gasteiger partial charge in [0.05, 0.1) is 0 Å². The minimum absolute atomic E-state index is 0.128. The van der Waals surface area contributed by atoms with Crippen molar-refractivity contribution in [3.8, 4) is 0 Å². The predicted octanol–water partition coefficient (Wildman–Crippen LogP) is 0.831. The number of hydrogen-bond acceptors (Lipinski definition) is 3. The van der Waals surface area contributed by atoms with Crippen molar-refractivity contribution in [2.24, 2.45) is 5.92 Å². The van der Waals surface area contributed by atoms with Crippen LogP contribution in [-0.4, -0.2) is 66.2 Å². The second-order valence-electron chi connectivity index (χ2n) is 5.76. The molecular formula is C13H25N3O3. The Morgan fingerprint density at radius 2 is 2.05 bits per heavy atom. The number of amides is 2. The molecular weight excluding hydrogens is 246 g/mol. The number of nitrogens with one attached hydrogen (secondary N) is 1. The minimum atomic E-state index is -0.980. The maximum absolute atomic E-state index is 12.2. The minimum Gasteiger partial charge on any atom is -0.480 e. The molecule has 1 unspecified atom stereocenters. The Bertz CT molecular complexity index is 331. The van der Waals surface area contributed by atoms with Crippen molar-refractivity contribution in [1.29, 1.82) is 0 Å². The maximum atomic E-state index is 12.2. The summed E-state index contributed by atoms with van der Waals surface area (Å²) in [5.41, 5.74) is 0. The molecule has 0 saturated carbocycles. The van der Waals surface area contributed by atoms with Gasteiger partial charge in [-0.3, -0.25) is 0 Å². The van der Waals surface area contributed by atoms with Gasteiger partial charge in [-0.05, 0) is 32.9 Å². The smallest absolute Gasteiger partial charge is 0.326 e. The summed E-state index contributed by atoms with van der Waals surface area (Å²) in [6.45, 7) is 5.10. The van der Waals surface area contributed by atoms with Crippen LogP contribution in [-0.2, 0) is 4.79 Å². The van der Waals surface area contributed by atoms with Crippen molar-refractivity contribution < 1.29 is 14.7 Å². The third-order valence-electron chi connectivity index (χ3n) is 3.43. The van der Waals surface area contributed by atoms with E-state index in [4.69, 9.17) is 5.11 Å². The van der Waals surface area contributed by atoms with Crippen LogP contribution in [0.4, 0.5) is 4.79 Å². The van der Waals surface area contributed by atoms with Crippen LogP contribution in [0.15, 0.2) is 0 Å². The SMILES string of the molecule is CC(C)[C@@H](NC(=O)N1CCCC1CN(C)C)C(=O)O. The number of carboxylic acid groups (broad SMARTS) is 1. The largest absolute Gasteiger partial charge is 0.480 e. The molecule has 19 heavy (non-hydrogen) atoms. The topological polar surface area (TPSA) is 72.9 Å². The molecule has 1 rings (SSSR count). The van der Waals surface area contributed by atoms with Gasteiger partial charge in [0.25, 0.3) is 0 Å². The molecule has 6 nitrogen and oxygen atoms in total. The van der Waals surface area contributed by atoms with Gasteiger partial charge in [0, 0.05) is 19.1 Å². The van der Waals surface area contributed by atoms with Gasteiger partial charge in [0.1, 0.15) is 6.04 Å². The van der Waals surface area contributed by atoms with Gasteiger partial charge in [-0.1, -0.05) is 13.8 Å². The number of likely N-dealkylation sites (tertiary alicyclic amines) is 1. The standard InChI is InChI=1S/C13H25N3O3/c1-9(2)11(12(17)18)14-13(19)16-7-5-6-10(16)8-15(3)4/h9-11H,5-8H2,1-4H3,(H,14,19)(H,17,18)/t10?,11-/m1/s1. The summed E-state index contributed by atoms with van der Waals surface area (Å²) in [4.78, 5) is 27.1. The second kappa shape index (κ2) is 6.75.